The molecular formula is C8H15N3O. The molecule has 12 heavy (non-hydrogen) atoms. The molecule has 1 aromatic rings. The second-order valence-corrected chi connectivity index (χ2v) is 3.09. The van der Waals surface area contributed by atoms with Crippen molar-refractivity contribution >= 4 is 0 Å². The van der Waals surface area contributed by atoms with Crippen molar-refractivity contribution in [2.75, 3.05) is 6.54 Å². The normalized spacial score (nSPS) is 13.8. The highest BCUT2D eigenvalue weighted by atomic mass is 16.3. The molecule has 1 unspecified atom stereocenters. The second kappa shape index (κ2) is 3.69. The molecule has 4 heteroatoms. The first-order chi connectivity index (χ1) is 5.65. The molecule has 1 rings (SSSR count). The Labute approximate surface area is 72.0 Å². The van der Waals surface area contributed by atoms with Crippen LogP contribution in [0.1, 0.15) is 31.7 Å². The SMILES string of the molecule is CC(C)n1cnc(C(O)CN)c1. The highest BCUT2D eigenvalue weighted by Crippen LogP contribution is 2.11. The number of nitrogens with two attached hydrogens (primary N) is 1. The van der Waals surface area contributed by atoms with E-state index in [2.05, 4.69) is 18.8 Å². The van der Waals surface area contributed by atoms with Gasteiger partial charge in [-0.25, -0.2) is 4.98 Å². The number of imidazole rings is 1. The van der Waals surface area contributed by atoms with Crippen LogP contribution in [-0.4, -0.2) is 21.2 Å². The quantitative estimate of drug-likeness (QED) is 0.690. The van der Waals surface area contributed by atoms with E-state index in [0.717, 1.165) is 0 Å². The van der Waals surface area contributed by atoms with Gasteiger partial charge in [0.05, 0.1) is 12.0 Å². The maximum atomic E-state index is 9.32. The van der Waals surface area contributed by atoms with Gasteiger partial charge in [0.25, 0.3) is 0 Å². The Balaban J connectivity index is 2.77. The molecule has 0 aliphatic rings. The summed E-state index contributed by atoms with van der Waals surface area (Å²) in [5.41, 5.74) is 5.93. The second-order valence-electron chi connectivity index (χ2n) is 3.09. The van der Waals surface area contributed by atoms with Crippen molar-refractivity contribution in [1.29, 1.82) is 0 Å². The Morgan fingerprint density at radius 1 is 1.67 bits per heavy atom. The van der Waals surface area contributed by atoms with Gasteiger partial charge in [0.1, 0.15) is 6.10 Å². The van der Waals surface area contributed by atoms with Crippen LogP contribution in [-0.2, 0) is 0 Å². The predicted molar refractivity (Wildman–Crippen MR) is 46.6 cm³/mol. The van der Waals surface area contributed by atoms with Gasteiger partial charge in [-0.15, -0.1) is 0 Å². The Morgan fingerprint density at radius 3 is 2.75 bits per heavy atom. The zero-order chi connectivity index (χ0) is 9.14. The van der Waals surface area contributed by atoms with E-state index in [4.69, 9.17) is 5.73 Å². The lowest BCUT2D eigenvalue weighted by Crippen LogP contribution is -2.11. The number of aliphatic hydroxyl groups excluding tert-OH is 1. The van der Waals surface area contributed by atoms with Crippen LogP contribution in [0.5, 0.6) is 0 Å². The Kier molecular flexibility index (Phi) is 2.83. The molecule has 0 bridgehead atoms. The standard InChI is InChI=1S/C8H15N3O/c1-6(2)11-4-7(10-5-11)8(12)3-9/h4-6,8,12H,3,9H2,1-2H3. The molecule has 68 valence electrons. The molecule has 1 atom stereocenters. The Hall–Kier alpha value is -0.870. The molecule has 0 aromatic carbocycles. The van der Waals surface area contributed by atoms with Crippen LogP contribution in [0.2, 0.25) is 0 Å². The fourth-order valence-electron chi connectivity index (χ4n) is 0.928. The van der Waals surface area contributed by atoms with Gasteiger partial charge in [0, 0.05) is 18.8 Å². The summed E-state index contributed by atoms with van der Waals surface area (Å²) < 4.78 is 1.94. The van der Waals surface area contributed by atoms with Gasteiger partial charge in [-0.05, 0) is 13.8 Å². The van der Waals surface area contributed by atoms with Crippen molar-refractivity contribution in [2.24, 2.45) is 5.73 Å². The number of nitrogens with zero attached hydrogens (tertiary/aromatic N) is 2. The van der Waals surface area contributed by atoms with E-state index in [1.807, 2.05) is 10.8 Å². The topological polar surface area (TPSA) is 64.1 Å². The number of rotatable bonds is 3. The van der Waals surface area contributed by atoms with Gasteiger partial charge in [-0.2, -0.15) is 0 Å². The minimum atomic E-state index is -0.634. The maximum Gasteiger partial charge on any atom is 0.110 e. The van der Waals surface area contributed by atoms with E-state index in [0.29, 0.717) is 11.7 Å². The third-order valence-corrected chi connectivity index (χ3v) is 1.78. The summed E-state index contributed by atoms with van der Waals surface area (Å²) in [6.07, 6.45) is 2.89. The molecule has 0 amide bonds. The van der Waals surface area contributed by atoms with Gasteiger partial charge in [-0.1, -0.05) is 0 Å². The van der Waals surface area contributed by atoms with Crippen molar-refractivity contribution in [2.45, 2.75) is 26.0 Å². The van der Waals surface area contributed by atoms with Crippen LogP contribution in [0, 0.1) is 0 Å². The molecule has 0 spiro atoms. The van der Waals surface area contributed by atoms with E-state index < -0.39 is 6.10 Å². The van der Waals surface area contributed by atoms with Gasteiger partial charge < -0.3 is 15.4 Å². The molecule has 0 radical (unpaired) electrons. The summed E-state index contributed by atoms with van der Waals surface area (Å²) in [5.74, 6) is 0. The Morgan fingerprint density at radius 2 is 2.33 bits per heavy atom. The molecule has 3 N–H and O–H groups in total. The number of aromatic nitrogens is 2. The first kappa shape index (κ1) is 9.22. The van der Waals surface area contributed by atoms with Crippen molar-refractivity contribution in [3.63, 3.8) is 0 Å². The van der Waals surface area contributed by atoms with Crippen LogP contribution < -0.4 is 5.73 Å². The van der Waals surface area contributed by atoms with Crippen molar-refractivity contribution in [3.8, 4) is 0 Å². The third kappa shape index (κ3) is 1.84. The number of hydrogen-bond acceptors (Lipinski definition) is 3. The lowest BCUT2D eigenvalue weighted by atomic mass is 10.3. The van der Waals surface area contributed by atoms with Crippen LogP contribution in [0.25, 0.3) is 0 Å². The summed E-state index contributed by atoms with van der Waals surface area (Å²) in [7, 11) is 0. The summed E-state index contributed by atoms with van der Waals surface area (Å²) in [6.45, 7) is 4.33. The fraction of sp³-hybridized carbons (Fsp3) is 0.625. The Bertz CT molecular complexity index is 244. The summed E-state index contributed by atoms with van der Waals surface area (Å²) in [5, 5.41) is 9.32. The molecule has 1 aromatic heterocycles. The third-order valence-electron chi connectivity index (χ3n) is 1.78. The van der Waals surface area contributed by atoms with Gasteiger partial charge in [0.15, 0.2) is 0 Å². The summed E-state index contributed by atoms with van der Waals surface area (Å²) >= 11 is 0. The van der Waals surface area contributed by atoms with E-state index in [1.54, 1.807) is 6.33 Å². The molecular weight excluding hydrogens is 154 g/mol. The zero-order valence-electron chi connectivity index (χ0n) is 7.44. The highest BCUT2D eigenvalue weighted by molar-refractivity contribution is 5.01. The van der Waals surface area contributed by atoms with E-state index in [9.17, 15) is 5.11 Å². The minimum absolute atomic E-state index is 0.217. The van der Waals surface area contributed by atoms with Crippen LogP contribution >= 0.6 is 0 Å². The van der Waals surface area contributed by atoms with Crippen molar-refractivity contribution in [1.82, 2.24) is 9.55 Å². The zero-order valence-corrected chi connectivity index (χ0v) is 7.44. The molecule has 0 saturated carbocycles. The number of aliphatic hydroxyl groups is 1. The van der Waals surface area contributed by atoms with Crippen LogP contribution in [0.3, 0.4) is 0 Å². The van der Waals surface area contributed by atoms with Crippen molar-refractivity contribution < 1.29 is 5.11 Å². The first-order valence-corrected chi connectivity index (χ1v) is 4.06. The first-order valence-electron chi connectivity index (χ1n) is 4.06. The van der Waals surface area contributed by atoms with E-state index >= 15 is 0 Å². The lowest BCUT2D eigenvalue weighted by Gasteiger charge is -2.05. The average Bonchev–Trinajstić information content (AvgIpc) is 2.51. The average molecular weight is 169 g/mol. The van der Waals surface area contributed by atoms with Crippen LogP contribution in [0.4, 0.5) is 0 Å². The van der Waals surface area contributed by atoms with Gasteiger partial charge in [0.2, 0.25) is 0 Å². The fourth-order valence-corrected chi connectivity index (χ4v) is 0.928. The molecule has 0 fully saturated rings. The highest BCUT2D eigenvalue weighted by Gasteiger charge is 2.08. The summed E-state index contributed by atoms with van der Waals surface area (Å²) in [4.78, 5) is 4.04. The van der Waals surface area contributed by atoms with E-state index in [-0.39, 0.29) is 6.54 Å². The van der Waals surface area contributed by atoms with E-state index in [1.165, 1.54) is 0 Å². The number of hydrogen-bond donors (Lipinski definition) is 2. The predicted octanol–water partition coefficient (Wildman–Crippen LogP) is 0.456. The minimum Gasteiger partial charge on any atom is -0.385 e. The molecule has 1 heterocycles. The maximum absolute atomic E-state index is 9.32. The monoisotopic (exact) mass is 169 g/mol. The molecule has 0 saturated heterocycles. The largest absolute Gasteiger partial charge is 0.385 e. The molecule has 0 aliphatic heterocycles. The lowest BCUT2D eigenvalue weighted by molar-refractivity contribution is 0.182. The van der Waals surface area contributed by atoms with Gasteiger partial charge >= 0.3 is 0 Å². The molecule has 4 nitrogen and oxygen atoms in total. The van der Waals surface area contributed by atoms with Gasteiger partial charge in [-0.3, -0.25) is 0 Å². The smallest absolute Gasteiger partial charge is 0.110 e. The van der Waals surface area contributed by atoms with Crippen LogP contribution in [0.15, 0.2) is 12.5 Å². The molecule has 0 aliphatic carbocycles. The summed E-state index contributed by atoms with van der Waals surface area (Å²) in [6, 6.07) is 0.372. The van der Waals surface area contributed by atoms with Crippen molar-refractivity contribution in [3.05, 3.63) is 18.2 Å².